The van der Waals surface area contributed by atoms with Crippen LogP contribution in [0.3, 0.4) is 0 Å². The van der Waals surface area contributed by atoms with E-state index in [-0.39, 0.29) is 30.1 Å². The fourth-order valence-electron chi connectivity index (χ4n) is 3.84. The van der Waals surface area contributed by atoms with Crippen LogP contribution in [-0.4, -0.2) is 59.3 Å². The van der Waals surface area contributed by atoms with Gasteiger partial charge in [-0.2, -0.15) is 4.98 Å². The number of nitrogens with one attached hydrogen (secondary N) is 3. The molecule has 4 rings (SSSR count). The van der Waals surface area contributed by atoms with Crippen LogP contribution in [0.25, 0.3) is 11.1 Å². The molecule has 0 aliphatic rings. The van der Waals surface area contributed by atoms with E-state index in [0.29, 0.717) is 33.2 Å². The van der Waals surface area contributed by atoms with Crippen molar-refractivity contribution in [2.24, 2.45) is 4.36 Å². The third-order valence-electron chi connectivity index (χ3n) is 6.01. The van der Waals surface area contributed by atoms with Gasteiger partial charge in [0.15, 0.2) is 0 Å². The van der Waals surface area contributed by atoms with Crippen LogP contribution in [0.2, 0.25) is 0 Å². The van der Waals surface area contributed by atoms with Gasteiger partial charge in [-0.15, -0.1) is 4.36 Å². The van der Waals surface area contributed by atoms with Crippen molar-refractivity contribution in [3.63, 3.8) is 0 Å². The summed E-state index contributed by atoms with van der Waals surface area (Å²) in [5.74, 6) is 0.697. The molecule has 1 amide bonds. The Labute approximate surface area is 250 Å². The van der Waals surface area contributed by atoms with Crippen LogP contribution in [0, 0.1) is 0 Å². The molecule has 0 saturated heterocycles. The van der Waals surface area contributed by atoms with E-state index in [9.17, 15) is 22.5 Å². The van der Waals surface area contributed by atoms with Gasteiger partial charge in [-0.3, -0.25) is 4.72 Å². The molecule has 226 valence electrons. The van der Waals surface area contributed by atoms with Gasteiger partial charge in [-0.1, -0.05) is 30.3 Å². The summed E-state index contributed by atoms with van der Waals surface area (Å²) in [6, 6.07) is 21.0. The minimum Gasteiger partial charge on any atom is -0.448 e. The van der Waals surface area contributed by atoms with Crippen molar-refractivity contribution in [2.45, 2.75) is 29.7 Å². The largest absolute Gasteiger partial charge is 0.448 e. The van der Waals surface area contributed by atoms with Crippen molar-refractivity contribution in [3.8, 4) is 11.1 Å². The second-order valence-electron chi connectivity index (χ2n) is 9.42. The zero-order chi connectivity index (χ0) is 31.0. The Morgan fingerprint density at radius 3 is 2.23 bits per heavy atom. The zero-order valence-electron chi connectivity index (χ0n) is 23.7. The number of hydrogen-bond donors (Lipinski definition) is 4. The molecule has 0 radical (unpaired) electrons. The van der Waals surface area contributed by atoms with Crippen LogP contribution in [0.4, 0.5) is 27.9 Å². The maximum Gasteiger partial charge on any atom is 0.442 e. The molecule has 0 spiro atoms. The van der Waals surface area contributed by atoms with Crippen LogP contribution in [-0.2, 0) is 24.5 Å². The number of anilines is 4. The second-order valence-corrected chi connectivity index (χ2v) is 13.4. The maximum atomic E-state index is 12.9. The fraction of sp³-hybridized carbons (Fsp3) is 0.207. The summed E-state index contributed by atoms with van der Waals surface area (Å²) < 4.78 is 49.2. The number of aromatic nitrogens is 2. The molecular formula is C29H32N6O6S2. The van der Waals surface area contributed by atoms with E-state index in [2.05, 4.69) is 29.7 Å². The molecule has 1 heterocycles. The Bertz CT molecular complexity index is 1790. The number of carbonyl (C=O) groups excluding carboxylic acids is 1. The molecule has 1 aromatic heterocycles. The average Bonchev–Trinajstić information content (AvgIpc) is 2.98. The summed E-state index contributed by atoms with van der Waals surface area (Å²) in [5.41, 5.74) is 2.33. The normalized spacial score (nSPS) is 13.3. The van der Waals surface area contributed by atoms with E-state index in [0.717, 1.165) is 0 Å². The van der Waals surface area contributed by atoms with Crippen LogP contribution < -0.4 is 15.4 Å². The summed E-state index contributed by atoms with van der Waals surface area (Å²) in [4.78, 5) is 21.2. The van der Waals surface area contributed by atoms with Gasteiger partial charge in [0.2, 0.25) is 5.95 Å². The first kappa shape index (κ1) is 31.4. The summed E-state index contributed by atoms with van der Waals surface area (Å²) in [6.07, 6.45) is 2.08. The average molecular weight is 625 g/mol. The van der Waals surface area contributed by atoms with Crippen molar-refractivity contribution in [1.82, 2.24) is 9.97 Å². The monoisotopic (exact) mass is 624 g/mol. The molecule has 14 heteroatoms. The number of benzene rings is 3. The molecular weight excluding hydrogens is 592 g/mol. The van der Waals surface area contributed by atoms with Gasteiger partial charge in [0, 0.05) is 40.3 Å². The quantitative estimate of drug-likeness (QED) is 0.176. The summed E-state index contributed by atoms with van der Waals surface area (Å²) in [7, 11) is -6.73. The van der Waals surface area contributed by atoms with E-state index in [1.165, 1.54) is 18.4 Å². The number of sulfonamides is 1. The minimum atomic E-state index is -3.74. The number of rotatable bonds is 11. The first-order valence-corrected chi connectivity index (χ1v) is 16.6. The van der Waals surface area contributed by atoms with Gasteiger partial charge < -0.3 is 20.5 Å². The Hall–Kier alpha value is -4.53. The lowest BCUT2D eigenvalue weighted by molar-refractivity contribution is 0.164. The lowest BCUT2D eigenvalue weighted by Gasteiger charge is -2.17. The number of ether oxygens (including phenoxy) is 1. The number of nitrogens with zero attached hydrogens (tertiary/aromatic N) is 3. The van der Waals surface area contributed by atoms with Crippen molar-refractivity contribution < 1.29 is 27.3 Å². The standard InChI is InChI=1S/C29H32N6O6S2/c1-4-41-29(37)35-42(3,38)24-16-14-22(15-17-24)32-28-30-18-26(27(33-28)31-20(2)19-36)21-10-12-23(13-11-21)34-43(39,40)25-8-6-5-7-9-25/h5-18,20,34,36H,4,19H2,1-3H3,(H2,30,31,32,33)/t20-,42?/m1/s1. The van der Waals surface area contributed by atoms with Crippen LogP contribution in [0.15, 0.2) is 99.2 Å². The van der Waals surface area contributed by atoms with E-state index in [4.69, 9.17) is 4.74 Å². The predicted molar refractivity (Wildman–Crippen MR) is 166 cm³/mol. The lowest BCUT2D eigenvalue weighted by Crippen LogP contribution is -2.21. The third-order valence-corrected chi connectivity index (χ3v) is 9.05. The molecule has 0 saturated carbocycles. The van der Waals surface area contributed by atoms with Crippen molar-refractivity contribution in [1.29, 1.82) is 0 Å². The Morgan fingerprint density at radius 2 is 1.60 bits per heavy atom. The van der Waals surface area contributed by atoms with Crippen LogP contribution >= 0.6 is 0 Å². The highest BCUT2D eigenvalue weighted by Crippen LogP contribution is 2.30. The molecule has 12 nitrogen and oxygen atoms in total. The smallest absolute Gasteiger partial charge is 0.442 e. The predicted octanol–water partition coefficient (Wildman–Crippen LogP) is 5.09. The minimum absolute atomic E-state index is 0.134. The number of hydrogen-bond acceptors (Lipinski definition) is 10. The zero-order valence-corrected chi connectivity index (χ0v) is 25.4. The van der Waals surface area contributed by atoms with E-state index < -0.39 is 25.8 Å². The van der Waals surface area contributed by atoms with E-state index in [1.807, 2.05) is 0 Å². The highest BCUT2D eigenvalue weighted by molar-refractivity contribution is 7.93. The molecule has 4 aromatic rings. The van der Waals surface area contributed by atoms with Crippen molar-refractivity contribution >= 4 is 49.0 Å². The molecule has 0 bridgehead atoms. The van der Waals surface area contributed by atoms with Gasteiger partial charge in [0.05, 0.1) is 27.8 Å². The van der Waals surface area contributed by atoms with Crippen LogP contribution in [0.1, 0.15) is 13.8 Å². The summed E-state index contributed by atoms with van der Waals surface area (Å²) in [5, 5.41) is 15.9. The van der Waals surface area contributed by atoms with Crippen molar-refractivity contribution in [3.05, 3.63) is 85.1 Å². The molecule has 0 aliphatic heterocycles. The third kappa shape index (κ3) is 8.28. The van der Waals surface area contributed by atoms with E-state index in [1.54, 1.807) is 86.8 Å². The number of amides is 1. The Balaban J connectivity index is 1.56. The molecule has 1 unspecified atom stereocenters. The highest BCUT2D eigenvalue weighted by atomic mass is 32.2. The topological polar surface area (TPSA) is 172 Å². The first-order chi connectivity index (χ1) is 20.5. The van der Waals surface area contributed by atoms with Gasteiger partial charge in [0.1, 0.15) is 5.82 Å². The maximum absolute atomic E-state index is 12.9. The Morgan fingerprint density at radius 1 is 0.953 bits per heavy atom. The van der Waals surface area contributed by atoms with Gasteiger partial charge in [-0.25, -0.2) is 22.4 Å². The molecule has 0 fully saturated rings. The molecule has 4 N–H and O–H groups in total. The van der Waals surface area contributed by atoms with Gasteiger partial charge in [0.25, 0.3) is 10.0 Å². The molecule has 0 aliphatic carbocycles. The van der Waals surface area contributed by atoms with Crippen molar-refractivity contribution in [2.75, 3.05) is 34.8 Å². The first-order valence-electron chi connectivity index (χ1n) is 13.2. The van der Waals surface area contributed by atoms with E-state index >= 15 is 0 Å². The Kier molecular flexibility index (Phi) is 9.95. The number of aliphatic hydroxyl groups excluding tert-OH is 1. The van der Waals surface area contributed by atoms with Gasteiger partial charge in [-0.05, 0) is 67.9 Å². The summed E-state index contributed by atoms with van der Waals surface area (Å²) >= 11 is 0. The fourth-order valence-corrected chi connectivity index (χ4v) is 6.00. The number of aliphatic hydroxyl groups is 1. The second kappa shape index (κ2) is 13.6. The molecule has 3 aromatic carbocycles. The van der Waals surface area contributed by atoms with Crippen LogP contribution in [0.5, 0.6) is 0 Å². The number of carbonyl (C=O) groups is 1. The highest BCUT2D eigenvalue weighted by Gasteiger charge is 2.16. The summed E-state index contributed by atoms with van der Waals surface area (Å²) in [6.45, 7) is 3.43. The van der Waals surface area contributed by atoms with Gasteiger partial charge >= 0.3 is 6.09 Å². The molecule has 2 atom stereocenters. The lowest BCUT2D eigenvalue weighted by atomic mass is 10.1. The SMILES string of the molecule is CCOC(=O)N=S(C)(=O)c1ccc(Nc2ncc(-c3ccc(NS(=O)(=O)c4ccccc4)cc3)c(N[C@H](C)CO)n2)cc1. The molecule has 43 heavy (non-hydrogen) atoms.